The molecule has 5 heteroatoms. The number of hydrogen-bond donors (Lipinski definition) is 1. The predicted molar refractivity (Wildman–Crippen MR) is 105 cm³/mol. The first-order valence-corrected chi connectivity index (χ1v) is 10.5. The molecular formula is C22H32N2O3. The minimum Gasteiger partial charge on any atom is -0.480 e. The summed E-state index contributed by atoms with van der Waals surface area (Å²) >= 11 is 0. The number of ether oxygens (including phenoxy) is 1. The molecule has 2 heterocycles. The van der Waals surface area contributed by atoms with Crippen LogP contribution in [0.2, 0.25) is 0 Å². The zero-order valence-electron chi connectivity index (χ0n) is 16.2. The van der Waals surface area contributed by atoms with Crippen LogP contribution < -0.4 is 0 Å². The van der Waals surface area contributed by atoms with Gasteiger partial charge in [0, 0.05) is 25.7 Å². The van der Waals surface area contributed by atoms with Gasteiger partial charge in [0.05, 0.1) is 12.6 Å². The summed E-state index contributed by atoms with van der Waals surface area (Å²) in [7, 11) is 0. The average Bonchev–Trinajstić information content (AvgIpc) is 3.31. The fraction of sp³-hybridized carbons (Fsp3) is 0.682. The van der Waals surface area contributed by atoms with Crippen molar-refractivity contribution in [3.63, 3.8) is 0 Å². The Balaban J connectivity index is 1.26. The maximum Gasteiger partial charge on any atom is 0.317 e. The molecule has 0 radical (unpaired) electrons. The van der Waals surface area contributed by atoms with Crippen molar-refractivity contribution >= 4 is 5.97 Å². The first-order valence-electron chi connectivity index (χ1n) is 10.5. The highest BCUT2D eigenvalue weighted by Gasteiger charge is 2.31. The van der Waals surface area contributed by atoms with Crippen LogP contribution in [0.1, 0.15) is 36.8 Å². The Morgan fingerprint density at radius 2 is 1.81 bits per heavy atom. The quantitative estimate of drug-likeness (QED) is 0.797. The summed E-state index contributed by atoms with van der Waals surface area (Å²) in [4.78, 5) is 16.0. The lowest BCUT2D eigenvalue weighted by Crippen LogP contribution is -2.45. The Kier molecular flexibility index (Phi) is 6.11. The number of benzene rings is 1. The Labute approximate surface area is 162 Å². The summed E-state index contributed by atoms with van der Waals surface area (Å²) in [6.45, 7) is 4.91. The van der Waals surface area contributed by atoms with E-state index in [4.69, 9.17) is 4.74 Å². The van der Waals surface area contributed by atoms with Crippen molar-refractivity contribution in [1.82, 2.24) is 9.80 Å². The molecule has 5 nitrogen and oxygen atoms in total. The Bertz CT molecular complexity index is 611. The molecule has 1 unspecified atom stereocenters. The number of fused-ring (bicyclic) bond motifs is 1. The van der Waals surface area contributed by atoms with E-state index in [1.165, 1.54) is 36.8 Å². The number of carboxylic acid groups (broad SMARTS) is 1. The Hall–Kier alpha value is -1.43. The van der Waals surface area contributed by atoms with Gasteiger partial charge in [-0.3, -0.25) is 14.6 Å². The number of carboxylic acids is 1. The highest BCUT2D eigenvalue weighted by molar-refractivity contribution is 5.69. The number of aliphatic carboxylic acids is 1. The maximum absolute atomic E-state index is 11.3. The van der Waals surface area contributed by atoms with Crippen LogP contribution in [-0.4, -0.2) is 72.4 Å². The minimum atomic E-state index is -0.728. The van der Waals surface area contributed by atoms with Gasteiger partial charge in [-0.2, -0.15) is 0 Å². The van der Waals surface area contributed by atoms with Crippen molar-refractivity contribution < 1.29 is 14.6 Å². The van der Waals surface area contributed by atoms with Gasteiger partial charge >= 0.3 is 5.97 Å². The molecular weight excluding hydrogens is 340 g/mol. The van der Waals surface area contributed by atoms with Gasteiger partial charge in [0.25, 0.3) is 0 Å². The molecule has 4 rings (SSSR count). The summed E-state index contributed by atoms with van der Waals surface area (Å²) < 4.78 is 5.73. The van der Waals surface area contributed by atoms with Gasteiger partial charge < -0.3 is 9.84 Å². The first kappa shape index (κ1) is 18.9. The summed E-state index contributed by atoms with van der Waals surface area (Å²) in [6, 6.07) is 9.51. The lowest BCUT2D eigenvalue weighted by Gasteiger charge is -2.38. The molecule has 1 aromatic rings. The monoisotopic (exact) mass is 372 g/mol. The van der Waals surface area contributed by atoms with Gasteiger partial charge in [0.1, 0.15) is 0 Å². The molecule has 0 spiro atoms. The van der Waals surface area contributed by atoms with E-state index in [1.54, 1.807) is 0 Å². The van der Waals surface area contributed by atoms with E-state index in [9.17, 15) is 9.90 Å². The number of piperidine rings is 1. The first-order chi connectivity index (χ1) is 13.2. The minimum absolute atomic E-state index is 0.137. The number of nitrogens with zero attached hydrogens (tertiary/aromatic N) is 2. The van der Waals surface area contributed by atoms with E-state index in [2.05, 4.69) is 34.1 Å². The molecule has 0 aromatic heterocycles. The fourth-order valence-corrected chi connectivity index (χ4v) is 5.13. The third-order valence-electron chi connectivity index (χ3n) is 6.56. The number of likely N-dealkylation sites (tertiary alicyclic amines) is 1. The Morgan fingerprint density at radius 3 is 2.41 bits per heavy atom. The summed E-state index contributed by atoms with van der Waals surface area (Å²) in [6.07, 6.45) is 7.12. The third-order valence-corrected chi connectivity index (χ3v) is 6.56. The standard InChI is InChI=1S/C22H32N2O3/c25-22(26)16-23(15-21-6-3-11-27-21)14-17-7-9-24(10-8-17)20-12-18-4-1-2-5-19(18)13-20/h1-2,4-5,17,20-21H,3,6-16H2,(H,25,26). The summed E-state index contributed by atoms with van der Waals surface area (Å²) in [5.74, 6) is -0.125. The molecule has 3 aliphatic rings. The second kappa shape index (κ2) is 8.72. The van der Waals surface area contributed by atoms with Crippen LogP contribution in [0, 0.1) is 5.92 Å². The average molecular weight is 373 g/mol. The highest BCUT2D eigenvalue weighted by atomic mass is 16.5. The third kappa shape index (κ3) is 4.89. The zero-order chi connectivity index (χ0) is 18.6. The van der Waals surface area contributed by atoms with E-state index in [0.29, 0.717) is 12.0 Å². The van der Waals surface area contributed by atoms with Crippen LogP contribution in [0.15, 0.2) is 24.3 Å². The topological polar surface area (TPSA) is 53.0 Å². The van der Waals surface area contributed by atoms with Gasteiger partial charge in [-0.15, -0.1) is 0 Å². The lowest BCUT2D eigenvalue weighted by atomic mass is 9.94. The maximum atomic E-state index is 11.3. The van der Waals surface area contributed by atoms with Crippen molar-refractivity contribution in [2.75, 3.05) is 39.3 Å². The Morgan fingerprint density at radius 1 is 1.11 bits per heavy atom. The zero-order valence-corrected chi connectivity index (χ0v) is 16.2. The van der Waals surface area contributed by atoms with Crippen LogP contribution in [0.4, 0.5) is 0 Å². The van der Waals surface area contributed by atoms with Crippen LogP contribution >= 0.6 is 0 Å². The number of hydrogen-bond acceptors (Lipinski definition) is 4. The molecule has 2 aliphatic heterocycles. The normalized spacial score (nSPS) is 24.6. The van der Waals surface area contributed by atoms with Crippen molar-refractivity contribution in [2.45, 2.75) is 50.7 Å². The van der Waals surface area contributed by atoms with Crippen LogP contribution in [0.5, 0.6) is 0 Å². The SMILES string of the molecule is O=C(O)CN(CC1CCN(C2Cc3ccccc3C2)CC1)CC1CCCO1. The molecule has 1 atom stereocenters. The van der Waals surface area contributed by atoms with Crippen molar-refractivity contribution in [1.29, 1.82) is 0 Å². The van der Waals surface area contributed by atoms with Crippen molar-refractivity contribution in [3.8, 4) is 0 Å². The van der Waals surface area contributed by atoms with Crippen molar-refractivity contribution in [3.05, 3.63) is 35.4 Å². The van der Waals surface area contributed by atoms with E-state index < -0.39 is 5.97 Å². The fourth-order valence-electron chi connectivity index (χ4n) is 5.13. The molecule has 1 N–H and O–H groups in total. The van der Waals surface area contributed by atoms with Crippen LogP contribution in [0.3, 0.4) is 0 Å². The highest BCUT2D eigenvalue weighted by Crippen LogP contribution is 2.29. The smallest absolute Gasteiger partial charge is 0.317 e. The van der Waals surface area contributed by atoms with E-state index >= 15 is 0 Å². The molecule has 1 aromatic carbocycles. The largest absolute Gasteiger partial charge is 0.480 e. The molecule has 0 amide bonds. The number of rotatable bonds is 7. The number of carbonyl (C=O) groups is 1. The molecule has 27 heavy (non-hydrogen) atoms. The molecule has 2 fully saturated rings. The molecule has 148 valence electrons. The molecule has 0 saturated carbocycles. The van der Waals surface area contributed by atoms with Gasteiger partial charge in [0.2, 0.25) is 0 Å². The summed E-state index contributed by atoms with van der Waals surface area (Å²) in [5.41, 5.74) is 3.04. The summed E-state index contributed by atoms with van der Waals surface area (Å²) in [5, 5.41) is 9.27. The molecule has 1 aliphatic carbocycles. The van der Waals surface area contributed by atoms with Crippen LogP contribution in [-0.2, 0) is 22.4 Å². The van der Waals surface area contributed by atoms with Gasteiger partial charge in [-0.1, -0.05) is 24.3 Å². The molecule has 0 bridgehead atoms. The predicted octanol–water partition coefficient (Wildman–Crippen LogP) is 2.43. The molecule has 2 saturated heterocycles. The van der Waals surface area contributed by atoms with Crippen LogP contribution in [0.25, 0.3) is 0 Å². The van der Waals surface area contributed by atoms with Crippen molar-refractivity contribution in [2.24, 2.45) is 5.92 Å². The van der Waals surface area contributed by atoms with E-state index in [1.807, 2.05) is 0 Å². The lowest BCUT2D eigenvalue weighted by molar-refractivity contribution is -0.138. The van der Waals surface area contributed by atoms with Gasteiger partial charge in [0.15, 0.2) is 0 Å². The van der Waals surface area contributed by atoms with E-state index in [0.717, 1.165) is 45.6 Å². The van der Waals surface area contributed by atoms with E-state index in [-0.39, 0.29) is 12.6 Å². The van der Waals surface area contributed by atoms with Gasteiger partial charge in [-0.05, 0) is 68.7 Å². The second-order valence-electron chi connectivity index (χ2n) is 8.53. The van der Waals surface area contributed by atoms with Gasteiger partial charge in [-0.25, -0.2) is 0 Å². The second-order valence-corrected chi connectivity index (χ2v) is 8.53.